The van der Waals surface area contributed by atoms with Crippen molar-refractivity contribution in [2.45, 2.75) is 38.3 Å². The van der Waals surface area contributed by atoms with E-state index in [1.165, 1.54) is 4.90 Å². The number of rotatable bonds is 1. The van der Waals surface area contributed by atoms with Crippen LogP contribution in [0.3, 0.4) is 0 Å². The van der Waals surface area contributed by atoms with Gasteiger partial charge in [0.05, 0.1) is 6.54 Å². The minimum absolute atomic E-state index is 0.0601. The van der Waals surface area contributed by atoms with Crippen LogP contribution in [-0.4, -0.2) is 48.7 Å². The number of carbonyl (C=O) groups is 1. The lowest BCUT2D eigenvalue weighted by molar-refractivity contribution is -0.0784. The van der Waals surface area contributed by atoms with Gasteiger partial charge in [0.25, 0.3) is 5.92 Å². The molecular weight excluding hydrogens is 218 g/mol. The van der Waals surface area contributed by atoms with Crippen molar-refractivity contribution in [2.75, 3.05) is 20.1 Å². The maximum atomic E-state index is 13.3. The molecule has 1 unspecified atom stereocenters. The van der Waals surface area contributed by atoms with Gasteiger partial charge in [0.2, 0.25) is 0 Å². The summed E-state index contributed by atoms with van der Waals surface area (Å²) in [6.45, 7) is 4.96. The molecule has 1 saturated heterocycles. The average Bonchev–Trinajstić information content (AvgIpc) is 2.19. The molecular formula is C10H18F2N2O2. The van der Waals surface area contributed by atoms with Gasteiger partial charge in [0, 0.05) is 12.1 Å². The number of nitrogens with one attached hydrogen (secondary N) is 1. The summed E-state index contributed by atoms with van der Waals surface area (Å²) in [5, 5.41) is 2.49. The van der Waals surface area contributed by atoms with Crippen LogP contribution in [-0.2, 0) is 4.74 Å². The zero-order valence-corrected chi connectivity index (χ0v) is 10.0. The minimum atomic E-state index is -2.97. The van der Waals surface area contributed by atoms with Crippen LogP contribution in [0.25, 0.3) is 0 Å². The number of alkyl carbamates (subject to hydrolysis) is 1. The van der Waals surface area contributed by atoms with E-state index >= 15 is 0 Å². The van der Waals surface area contributed by atoms with E-state index in [-0.39, 0.29) is 13.1 Å². The molecule has 0 radical (unpaired) electrons. The monoisotopic (exact) mass is 236 g/mol. The Morgan fingerprint density at radius 2 is 2.06 bits per heavy atom. The van der Waals surface area contributed by atoms with Crippen LogP contribution in [0.2, 0.25) is 0 Å². The summed E-state index contributed by atoms with van der Waals surface area (Å²) in [6, 6.07) is 0. The van der Waals surface area contributed by atoms with Crippen LogP contribution >= 0.6 is 0 Å². The maximum Gasteiger partial charge on any atom is 0.408 e. The Morgan fingerprint density at radius 1 is 1.50 bits per heavy atom. The predicted octanol–water partition coefficient (Wildman–Crippen LogP) is 1.46. The summed E-state index contributed by atoms with van der Waals surface area (Å²) in [5.41, 5.74) is -0.489. The van der Waals surface area contributed by atoms with Gasteiger partial charge in [-0.25, -0.2) is 13.6 Å². The third kappa shape index (κ3) is 3.59. The minimum Gasteiger partial charge on any atom is -0.438 e. The molecule has 1 amide bonds. The number of alkyl halides is 2. The van der Waals surface area contributed by atoms with Crippen LogP contribution in [0.1, 0.15) is 20.8 Å². The maximum absolute atomic E-state index is 13.3. The second-order valence-electron chi connectivity index (χ2n) is 5.23. The van der Waals surface area contributed by atoms with Gasteiger partial charge >= 0.3 is 6.09 Å². The Bertz CT molecular complexity index is 276. The Kier molecular flexibility index (Phi) is 3.42. The number of hydrogen-bond acceptors (Lipinski definition) is 3. The first-order valence-corrected chi connectivity index (χ1v) is 5.15. The molecule has 0 spiro atoms. The van der Waals surface area contributed by atoms with Crippen molar-refractivity contribution in [1.82, 2.24) is 10.2 Å². The lowest BCUT2D eigenvalue weighted by Gasteiger charge is -2.23. The van der Waals surface area contributed by atoms with Crippen LogP contribution in [0, 0.1) is 0 Å². The van der Waals surface area contributed by atoms with Crippen molar-refractivity contribution >= 4 is 6.09 Å². The van der Waals surface area contributed by atoms with Gasteiger partial charge in [-0.15, -0.1) is 0 Å². The smallest absolute Gasteiger partial charge is 0.408 e. The molecule has 6 heteroatoms. The van der Waals surface area contributed by atoms with Crippen molar-refractivity contribution < 1.29 is 18.3 Å². The predicted molar refractivity (Wildman–Crippen MR) is 55.6 cm³/mol. The van der Waals surface area contributed by atoms with Crippen molar-refractivity contribution in [1.29, 1.82) is 0 Å². The van der Waals surface area contributed by atoms with Crippen molar-refractivity contribution in [3.05, 3.63) is 0 Å². The third-order valence-electron chi connectivity index (χ3n) is 2.16. The highest BCUT2D eigenvalue weighted by molar-refractivity contribution is 5.68. The molecule has 1 fully saturated rings. The summed E-state index contributed by atoms with van der Waals surface area (Å²) in [7, 11) is 1.57. The fourth-order valence-corrected chi connectivity index (χ4v) is 1.53. The van der Waals surface area contributed by atoms with E-state index in [0.29, 0.717) is 0 Å². The van der Waals surface area contributed by atoms with E-state index in [1.54, 1.807) is 27.8 Å². The van der Waals surface area contributed by atoms with Gasteiger partial charge in [-0.1, -0.05) is 0 Å². The summed E-state index contributed by atoms with van der Waals surface area (Å²) in [5.74, 6) is -2.97. The van der Waals surface area contributed by atoms with E-state index in [9.17, 15) is 13.6 Å². The topological polar surface area (TPSA) is 41.6 Å². The molecule has 0 aliphatic carbocycles. The molecule has 0 aromatic carbocycles. The highest BCUT2D eigenvalue weighted by Crippen LogP contribution is 2.29. The summed E-state index contributed by atoms with van der Waals surface area (Å²) in [6.07, 6.45) is -2.16. The standard InChI is InChI=1S/C10H18F2N2O2/c1-9(2,3)13-8(15)16-7-5-14(4)6-10(7,11)12/h7H,5-6H2,1-4H3,(H,13,15). The lowest BCUT2D eigenvalue weighted by Crippen LogP contribution is -2.45. The largest absolute Gasteiger partial charge is 0.438 e. The number of likely N-dealkylation sites (N-methyl/N-ethyl adjacent to an activating group) is 1. The number of ether oxygens (including phenoxy) is 1. The molecule has 1 rings (SSSR count). The summed E-state index contributed by atoms with van der Waals surface area (Å²) in [4.78, 5) is 12.8. The highest BCUT2D eigenvalue weighted by atomic mass is 19.3. The summed E-state index contributed by atoms with van der Waals surface area (Å²) < 4.78 is 31.3. The molecule has 0 aromatic rings. The quantitative estimate of drug-likeness (QED) is 0.749. The Morgan fingerprint density at radius 3 is 2.44 bits per heavy atom. The number of hydrogen-bond donors (Lipinski definition) is 1. The third-order valence-corrected chi connectivity index (χ3v) is 2.16. The fraction of sp³-hybridized carbons (Fsp3) is 0.900. The number of likely N-dealkylation sites (tertiary alicyclic amines) is 1. The average molecular weight is 236 g/mol. The molecule has 1 aliphatic rings. The van der Waals surface area contributed by atoms with E-state index in [0.717, 1.165) is 0 Å². The molecule has 1 atom stereocenters. The van der Waals surface area contributed by atoms with Crippen LogP contribution in [0.5, 0.6) is 0 Å². The first-order chi connectivity index (χ1) is 7.10. The van der Waals surface area contributed by atoms with Gasteiger partial charge in [0.1, 0.15) is 0 Å². The Labute approximate surface area is 93.9 Å². The van der Waals surface area contributed by atoms with Gasteiger partial charge in [0.15, 0.2) is 6.10 Å². The van der Waals surface area contributed by atoms with Crippen LogP contribution in [0.4, 0.5) is 13.6 Å². The number of halogens is 2. The molecule has 0 aromatic heterocycles. The first-order valence-electron chi connectivity index (χ1n) is 5.15. The van der Waals surface area contributed by atoms with Crippen molar-refractivity contribution in [3.63, 3.8) is 0 Å². The normalized spacial score (nSPS) is 25.5. The Balaban J connectivity index is 2.52. The van der Waals surface area contributed by atoms with Gasteiger partial charge in [-0.3, -0.25) is 4.90 Å². The zero-order chi connectivity index (χ0) is 12.6. The second kappa shape index (κ2) is 4.16. The molecule has 16 heavy (non-hydrogen) atoms. The lowest BCUT2D eigenvalue weighted by atomic mass is 10.1. The van der Waals surface area contributed by atoms with Gasteiger partial charge in [-0.05, 0) is 27.8 Å². The molecule has 1 N–H and O–H groups in total. The molecule has 4 nitrogen and oxygen atoms in total. The highest BCUT2D eigenvalue weighted by Gasteiger charge is 2.49. The fourth-order valence-electron chi connectivity index (χ4n) is 1.53. The van der Waals surface area contributed by atoms with E-state index < -0.39 is 23.7 Å². The van der Waals surface area contributed by atoms with Crippen LogP contribution < -0.4 is 5.32 Å². The van der Waals surface area contributed by atoms with E-state index in [2.05, 4.69) is 5.32 Å². The van der Waals surface area contributed by atoms with E-state index in [4.69, 9.17) is 4.74 Å². The Hall–Kier alpha value is -0.910. The number of carbonyl (C=O) groups excluding carboxylic acids is 1. The molecule has 1 aliphatic heterocycles. The molecule has 94 valence electrons. The van der Waals surface area contributed by atoms with Gasteiger partial charge < -0.3 is 10.1 Å². The molecule has 1 heterocycles. The van der Waals surface area contributed by atoms with E-state index in [1.807, 2.05) is 0 Å². The molecule has 0 saturated carbocycles. The second-order valence-corrected chi connectivity index (χ2v) is 5.23. The SMILES string of the molecule is CN1CC(OC(=O)NC(C)(C)C)C(F)(F)C1. The van der Waals surface area contributed by atoms with Crippen LogP contribution in [0.15, 0.2) is 0 Å². The number of nitrogens with zero attached hydrogens (tertiary/aromatic N) is 1. The zero-order valence-electron chi connectivity index (χ0n) is 10.0. The first kappa shape index (κ1) is 13.2. The molecule has 0 bridgehead atoms. The van der Waals surface area contributed by atoms with Gasteiger partial charge in [-0.2, -0.15) is 0 Å². The van der Waals surface area contributed by atoms with Crippen molar-refractivity contribution in [2.24, 2.45) is 0 Å². The number of amides is 1. The summed E-state index contributed by atoms with van der Waals surface area (Å²) >= 11 is 0. The van der Waals surface area contributed by atoms with Crippen molar-refractivity contribution in [3.8, 4) is 0 Å².